The van der Waals surface area contributed by atoms with Crippen LogP contribution in [0.4, 0.5) is 5.95 Å². The van der Waals surface area contributed by atoms with Gasteiger partial charge in [0.25, 0.3) is 5.56 Å². The first kappa shape index (κ1) is 64.5. The zero-order valence-electron chi connectivity index (χ0n) is 49.2. The van der Waals surface area contributed by atoms with Crippen LogP contribution in [0.15, 0.2) is 90.0 Å². The van der Waals surface area contributed by atoms with Gasteiger partial charge in [0.05, 0.1) is 33.8 Å². The number of rotatable bonds is 27. The van der Waals surface area contributed by atoms with Crippen LogP contribution >= 0.6 is 7.75 Å². The number of aromatic amines is 1. The SMILES string of the molecule is COc1ccc(C(OC(C(=O)C(C)C)[C@H]2O[C@@H](n3cnc4c(=O)[nH]c(N)nc43)C[C@@H]2OP(=O)(OCCCO[C@@H]2O[C@H](COC(C)=O)[C@@H](OC(C)=O)[C@H](OC(C)=O)[C@H]2NC(C)=O)N(C(C)C)C(C)C)(c2ccccc2)c2ccc(OC)cc2)cc1. The minimum atomic E-state index is -4.57. The van der Waals surface area contributed by atoms with Crippen molar-refractivity contribution in [1.29, 1.82) is 0 Å². The number of imidazole rings is 1. The number of benzene rings is 3. The molecular weight excluding hydrogens is 1110 g/mol. The van der Waals surface area contributed by atoms with Crippen LogP contribution in [-0.4, -0.2) is 149 Å². The summed E-state index contributed by atoms with van der Waals surface area (Å²) in [6.07, 6.45) is -9.42. The molecule has 25 nitrogen and oxygen atoms in total. The largest absolute Gasteiger partial charge is 0.497 e. The van der Waals surface area contributed by atoms with E-state index in [9.17, 15) is 24.0 Å². The van der Waals surface area contributed by atoms with E-state index in [-0.39, 0.29) is 43.2 Å². The number of nitrogen functional groups attached to an aromatic ring is 1. The molecule has 2 unspecified atom stereocenters. The summed E-state index contributed by atoms with van der Waals surface area (Å²) in [6, 6.07) is 21.7. The number of ketones is 1. The summed E-state index contributed by atoms with van der Waals surface area (Å²) in [4.78, 5) is 89.3. The van der Waals surface area contributed by atoms with Crippen LogP contribution in [0.1, 0.15) is 105 Å². The maximum absolute atomic E-state index is 16.2. The topological polar surface area (TPSA) is 309 Å². The standard InChI is InChI=1S/C58H76N7O18P/c1-32(2)49(70)53(82-58(39-17-14-13-15-18-39,40-19-23-42(73-11)24-20-40)41-21-25-43(74-12)26-22-41)50-44(29-46(81-50)64-31-60-48-54(64)62-57(59)63-55(48)71)83-84(72,65(33(3)4)34(5)6)77-28-16-27-75-56-47(61-35(7)66)52(79-38(10)69)51(78-37(9)68)45(80-56)30-76-36(8)67/h13-15,17-26,31-34,44-47,50-53,56H,16,27-30H2,1-12H3,(H,61,66)(H3,59,62,63,71)/t44-,45+,46+,47+,50-,51+,52+,53?,56+,84?/m0/s1. The highest BCUT2D eigenvalue weighted by Gasteiger charge is 2.55. The van der Waals surface area contributed by atoms with Gasteiger partial charge >= 0.3 is 25.7 Å². The summed E-state index contributed by atoms with van der Waals surface area (Å²) in [6.45, 7) is 14.5. The third-order valence-corrected chi connectivity index (χ3v) is 16.5. The summed E-state index contributed by atoms with van der Waals surface area (Å²) >= 11 is 0. The number of nitrogens with zero attached hydrogens (tertiary/aromatic N) is 4. The molecule has 2 saturated heterocycles. The Labute approximate surface area is 487 Å². The van der Waals surface area contributed by atoms with E-state index in [1.54, 1.807) is 57.0 Å². The summed E-state index contributed by atoms with van der Waals surface area (Å²) in [5, 5.41) is 2.67. The highest BCUT2D eigenvalue weighted by molar-refractivity contribution is 7.51. The molecule has 0 aliphatic carbocycles. The maximum atomic E-state index is 16.2. The third-order valence-electron chi connectivity index (χ3n) is 14.0. The number of H-pyrrole nitrogens is 1. The lowest BCUT2D eigenvalue weighted by atomic mass is 9.79. The first-order chi connectivity index (χ1) is 39.9. The highest BCUT2D eigenvalue weighted by Crippen LogP contribution is 2.58. The Hall–Kier alpha value is -7.09. The minimum Gasteiger partial charge on any atom is -0.497 e. The van der Waals surface area contributed by atoms with Crippen LogP contribution in [0.3, 0.4) is 0 Å². The number of Topliss-reactive ketones (excluding diaryl/α,β-unsaturated/α-hetero) is 1. The average Bonchev–Trinajstić information content (AvgIpc) is 1.68. The van der Waals surface area contributed by atoms with Gasteiger partial charge in [0, 0.05) is 52.1 Å². The van der Waals surface area contributed by atoms with Crippen molar-refractivity contribution in [3.05, 3.63) is 112 Å². The number of fused-ring (bicyclic) bond motifs is 1. The number of nitrogens with two attached hydrogens (primary N) is 1. The predicted octanol–water partition coefficient (Wildman–Crippen LogP) is 6.30. The fraction of sp³-hybridized carbons (Fsp3) is 0.517. The monoisotopic (exact) mass is 1190 g/mol. The molecule has 0 spiro atoms. The van der Waals surface area contributed by atoms with Gasteiger partial charge in [0.2, 0.25) is 11.9 Å². The number of carbonyl (C=O) groups excluding carboxylic acids is 5. The smallest absolute Gasteiger partial charge is 0.409 e. The van der Waals surface area contributed by atoms with Crippen molar-refractivity contribution in [2.24, 2.45) is 5.92 Å². The van der Waals surface area contributed by atoms with E-state index < -0.39 is 128 Å². The number of carbonyl (C=O) groups is 5. The lowest BCUT2D eigenvalue weighted by Crippen LogP contribution is -2.66. The second-order valence-electron chi connectivity index (χ2n) is 21.1. The van der Waals surface area contributed by atoms with Gasteiger partial charge in [-0.1, -0.05) is 68.4 Å². The van der Waals surface area contributed by atoms with Gasteiger partial charge in [0.15, 0.2) is 35.4 Å². The van der Waals surface area contributed by atoms with Crippen LogP contribution in [0.25, 0.3) is 11.2 Å². The normalized spacial score (nSPS) is 22.0. The molecule has 84 heavy (non-hydrogen) atoms. The number of ether oxygens (including phenoxy) is 9. The molecule has 5 aromatic rings. The number of hydrogen-bond donors (Lipinski definition) is 3. The van der Waals surface area contributed by atoms with Gasteiger partial charge in [-0.05, 0) is 75.1 Å². The molecule has 456 valence electrons. The Morgan fingerprint density at radius 2 is 1.39 bits per heavy atom. The van der Waals surface area contributed by atoms with E-state index in [1.807, 2.05) is 82.3 Å². The molecule has 10 atom stereocenters. The molecule has 2 aliphatic heterocycles. The Balaban J connectivity index is 1.30. The molecule has 7 rings (SSSR count). The van der Waals surface area contributed by atoms with Crippen molar-refractivity contribution in [2.75, 3.05) is 39.8 Å². The number of amides is 1. The Morgan fingerprint density at radius 1 is 0.810 bits per heavy atom. The maximum Gasteiger partial charge on any atom is 0.409 e. The number of esters is 3. The summed E-state index contributed by atoms with van der Waals surface area (Å²) in [7, 11) is -1.46. The number of nitrogens with one attached hydrogen (secondary N) is 2. The predicted molar refractivity (Wildman–Crippen MR) is 303 cm³/mol. The zero-order valence-corrected chi connectivity index (χ0v) is 50.1. The van der Waals surface area contributed by atoms with Crippen LogP contribution in [0.5, 0.6) is 11.5 Å². The van der Waals surface area contributed by atoms with Crippen LogP contribution in [-0.2, 0) is 76.3 Å². The van der Waals surface area contributed by atoms with Gasteiger partial charge < -0.3 is 53.7 Å². The number of methoxy groups -OCH3 is 2. The van der Waals surface area contributed by atoms with Gasteiger partial charge in [-0.2, -0.15) is 4.98 Å². The second kappa shape index (κ2) is 28.2. The lowest BCUT2D eigenvalue weighted by Gasteiger charge is -2.45. The Kier molecular flexibility index (Phi) is 21.6. The molecule has 2 aromatic heterocycles. The van der Waals surface area contributed by atoms with Crippen LogP contribution in [0.2, 0.25) is 0 Å². The van der Waals surface area contributed by atoms with Crippen LogP contribution in [0, 0.1) is 5.92 Å². The molecule has 2 aliphatic rings. The summed E-state index contributed by atoms with van der Waals surface area (Å²) in [5.41, 5.74) is 5.74. The lowest BCUT2D eigenvalue weighted by molar-refractivity contribution is -0.278. The molecule has 26 heteroatoms. The minimum absolute atomic E-state index is 0.00102. The van der Waals surface area contributed by atoms with Gasteiger partial charge in [-0.15, -0.1) is 0 Å². The van der Waals surface area contributed by atoms with E-state index >= 15 is 9.36 Å². The third kappa shape index (κ3) is 14.9. The van der Waals surface area contributed by atoms with E-state index in [1.165, 1.54) is 24.7 Å². The summed E-state index contributed by atoms with van der Waals surface area (Å²) < 4.78 is 87.4. The first-order valence-electron chi connectivity index (χ1n) is 27.6. The van der Waals surface area contributed by atoms with Gasteiger partial charge in [0.1, 0.15) is 60.4 Å². The molecule has 4 heterocycles. The summed E-state index contributed by atoms with van der Waals surface area (Å²) in [5.74, 6) is -2.96. The van der Waals surface area contributed by atoms with Gasteiger partial charge in [-0.3, -0.25) is 47.4 Å². The number of anilines is 1. The van der Waals surface area contributed by atoms with E-state index in [0.29, 0.717) is 28.2 Å². The van der Waals surface area contributed by atoms with Crippen molar-refractivity contribution in [2.45, 2.75) is 155 Å². The molecule has 0 radical (unpaired) electrons. The van der Waals surface area contributed by atoms with E-state index in [0.717, 1.165) is 13.8 Å². The fourth-order valence-electron chi connectivity index (χ4n) is 10.6. The quantitative estimate of drug-likeness (QED) is 0.0171. The molecule has 3 aromatic carbocycles. The van der Waals surface area contributed by atoms with E-state index in [2.05, 4.69) is 20.3 Å². The Morgan fingerprint density at radius 3 is 1.93 bits per heavy atom. The van der Waals surface area contributed by atoms with Crippen molar-refractivity contribution in [1.82, 2.24) is 29.5 Å². The van der Waals surface area contributed by atoms with Crippen molar-refractivity contribution < 1.29 is 80.2 Å². The van der Waals surface area contributed by atoms with E-state index in [4.69, 9.17) is 57.4 Å². The number of hydrogen-bond acceptors (Lipinski definition) is 21. The zero-order chi connectivity index (χ0) is 61.2. The first-order valence-corrected chi connectivity index (χ1v) is 29.1. The number of aromatic nitrogens is 4. The van der Waals surface area contributed by atoms with Crippen molar-refractivity contribution in [3.8, 4) is 11.5 Å². The Bertz CT molecular complexity index is 3120. The fourth-order valence-corrected chi connectivity index (χ4v) is 12.9. The molecule has 0 bridgehead atoms. The highest BCUT2D eigenvalue weighted by atomic mass is 31.2. The molecule has 1 amide bonds. The molecular formula is C58H76N7O18P. The van der Waals surface area contributed by atoms with Crippen molar-refractivity contribution >= 4 is 54.5 Å². The average molecular weight is 1190 g/mol. The molecule has 4 N–H and O–H groups in total. The molecule has 0 saturated carbocycles. The van der Waals surface area contributed by atoms with Crippen molar-refractivity contribution in [3.63, 3.8) is 0 Å². The molecule has 2 fully saturated rings. The second-order valence-corrected chi connectivity index (χ2v) is 23.0. The van der Waals surface area contributed by atoms with Crippen LogP contribution < -0.4 is 26.1 Å². The van der Waals surface area contributed by atoms with Gasteiger partial charge in [-0.25, -0.2) is 14.2 Å².